The average Bonchev–Trinajstić information content (AvgIpc) is 1.87. The lowest BCUT2D eigenvalue weighted by Crippen LogP contribution is -1.96. The van der Waals surface area contributed by atoms with Crippen molar-refractivity contribution in [3.05, 3.63) is 23.4 Å². The molecule has 0 radical (unpaired) electrons. The number of hydrogen-bond donors (Lipinski definition) is 1. The van der Waals surface area contributed by atoms with E-state index in [1.165, 1.54) is 5.57 Å². The Morgan fingerprint density at radius 1 is 1.56 bits per heavy atom. The highest BCUT2D eigenvalue weighted by Crippen LogP contribution is 2.02. The van der Waals surface area contributed by atoms with Gasteiger partial charge in [0.05, 0.1) is 0 Å². The van der Waals surface area contributed by atoms with Gasteiger partial charge in [-0.05, 0) is 26.3 Å². The average molecular weight is 125 g/mol. The summed E-state index contributed by atoms with van der Waals surface area (Å²) in [6, 6.07) is 0. The normalized spacial score (nSPS) is 14.1. The van der Waals surface area contributed by atoms with Gasteiger partial charge in [0.1, 0.15) is 0 Å². The molecule has 0 heterocycles. The molecule has 9 heavy (non-hydrogen) atoms. The molecule has 0 aromatic carbocycles. The van der Waals surface area contributed by atoms with E-state index in [-0.39, 0.29) is 0 Å². The van der Waals surface area contributed by atoms with Crippen molar-refractivity contribution in [2.24, 2.45) is 5.73 Å². The van der Waals surface area contributed by atoms with Crippen LogP contribution in [0.5, 0.6) is 0 Å². The van der Waals surface area contributed by atoms with Gasteiger partial charge in [-0.25, -0.2) is 0 Å². The van der Waals surface area contributed by atoms with Crippen molar-refractivity contribution in [3.8, 4) is 0 Å². The molecule has 0 rings (SSSR count). The Morgan fingerprint density at radius 3 is 2.44 bits per heavy atom. The van der Waals surface area contributed by atoms with E-state index in [2.05, 4.69) is 13.8 Å². The van der Waals surface area contributed by atoms with Gasteiger partial charge in [-0.3, -0.25) is 0 Å². The molecule has 0 bridgehead atoms. The fourth-order valence-electron chi connectivity index (χ4n) is 0.526. The number of nitrogens with two attached hydrogens (primary N) is 1. The molecule has 0 aromatic heterocycles. The Balaban J connectivity index is 4.10. The molecule has 52 valence electrons. The van der Waals surface area contributed by atoms with Crippen molar-refractivity contribution in [1.82, 2.24) is 0 Å². The smallest absolute Gasteiger partial charge is 0.0299 e. The first-order valence-corrected chi connectivity index (χ1v) is 3.30. The predicted octanol–water partition coefficient (Wildman–Crippen LogP) is 2.21. The molecule has 0 aliphatic carbocycles. The van der Waals surface area contributed by atoms with E-state index in [0.717, 1.165) is 12.1 Å². The van der Waals surface area contributed by atoms with Crippen LogP contribution in [-0.2, 0) is 0 Å². The van der Waals surface area contributed by atoms with Gasteiger partial charge in [0.2, 0.25) is 0 Å². The molecule has 1 heteroatoms. The summed E-state index contributed by atoms with van der Waals surface area (Å²) < 4.78 is 0. The van der Waals surface area contributed by atoms with Crippen LogP contribution in [-0.4, -0.2) is 0 Å². The Hall–Kier alpha value is -0.720. The van der Waals surface area contributed by atoms with Crippen molar-refractivity contribution in [1.29, 1.82) is 0 Å². The monoisotopic (exact) mass is 125 g/mol. The zero-order chi connectivity index (χ0) is 7.28. The third kappa shape index (κ3) is 2.96. The quantitative estimate of drug-likeness (QED) is 0.562. The lowest BCUT2D eigenvalue weighted by atomic mass is 10.2. The molecule has 0 aliphatic heterocycles. The third-order valence-corrected chi connectivity index (χ3v) is 1.37. The minimum absolute atomic E-state index is 0.903. The molecule has 0 amide bonds. The van der Waals surface area contributed by atoms with Crippen molar-refractivity contribution in [2.45, 2.75) is 27.2 Å². The van der Waals surface area contributed by atoms with E-state index >= 15 is 0 Å². The molecule has 0 saturated heterocycles. The summed E-state index contributed by atoms with van der Waals surface area (Å²) >= 11 is 0. The van der Waals surface area contributed by atoms with Crippen LogP contribution in [0.15, 0.2) is 23.4 Å². The van der Waals surface area contributed by atoms with Gasteiger partial charge in [-0.1, -0.05) is 18.6 Å². The van der Waals surface area contributed by atoms with Crippen LogP contribution in [0.4, 0.5) is 0 Å². The van der Waals surface area contributed by atoms with Crippen molar-refractivity contribution in [3.63, 3.8) is 0 Å². The SMILES string of the molecule is CC=CC(N)=C(C)CC. The molecule has 0 spiro atoms. The Morgan fingerprint density at radius 2 is 2.11 bits per heavy atom. The second-order valence-corrected chi connectivity index (χ2v) is 2.09. The molecular formula is C8H15N. The van der Waals surface area contributed by atoms with Crippen molar-refractivity contribution in [2.75, 3.05) is 0 Å². The fraction of sp³-hybridized carbons (Fsp3) is 0.500. The Kier molecular flexibility index (Phi) is 3.85. The standard InChI is InChI=1S/C8H15N/c1-4-6-8(9)7(3)5-2/h4,6H,5,9H2,1-3H3. The molecule has 0 atom stereocenters. The second kappa shape index (κ2) is 4.19. The van der Waals surface area contributed by atoms with Gasteiger partial charge >= 0.3 is 0 Å². The Bertz CT molecular complexity index is 132. The van der Waals surface area contributed by atoms with Crippen LogP contribution in [0.3, 0.4) is 0 Å². The summed E-state index contributed by atoms with van der Waals surface area (Å²) in [6.07, 6.45) is 4.92. The van der Waals surface area contributed by atoms with Crippen LogP contribution in [0.1, 0.15) is 27.2 Å². The van der Waals surface area contributed by atoms with E-state index in [9.17, 15) is 0 Å². The first kappa shape index (κ1) is 8.28. The summed E-state index contributed by atoms with van der Waals surface area (Å²) in [6.45, 7) is 6.12. The van der Waals surface area contributed by atoms with Gasteiger partial charge in [-0.15, -0.1) is 0 Å². The largest absolute Gasteiger partial charge is 0.399 e. The van der Waals surface area contributed by atoms with E-state index < -0.39 is 0 Å². The number of rotatable bonds is 2. The highest BCUT2D eigenvalue weighted by molar-refractivity contribution is 5.20. The highest BCUT2D eigenvalue weighted by atomic mass is 14.6. The second-order valence-electron chi connectivity index (χ2n) is 2.09. The third-order valence-electron chi connectivity index (χ3n) is 1.37. The highest BCUT2D eigenvalue weighted by Gasteiger charge is 1.87. The molecule has 1 nitrogen and oxygen atoms in total. The molecule has 0 saturated carbocycles. The molecule has 0 fully saturated rings. The molecule has 0 unspecified atom stereocenters. The van der Waals surface area contributed by atoms with Crippen molar-refractivity contribution < 1.29 is 0 Å². The minimum atomic E-state index is 0.903. The van der Waals surface area contributed by atoms with Gasteiger partial charge < -0.3 is 5.73 Å². The van der Waals surface area contributed by atoms with E-state index in [1.807, 2.05) is 19.1 Å². The van der Waals surface area contributed by atoms with Gasteiger partial charge in [0.25, 0.3) is 0 Å². The topological polar surface area (TPSA) is 26.0 Å². The molecule has 0 aromatic rings. The minimum Gasteiger partial charge on any atom is -0.399 e. The summed E-state index contributed by atoms with van der Waals surface area (Å²) in [7, 11) is 0. The van der Waals surface area contributed by atoms with Crippen LogP contribution >= 0.6 is 0 Å². The molecular weight excluding hydrogens is 110 g/mol. The van der Waals surface area contributed by atoms with E-state index in [0.29, 0.717) is 0 Å². The maximum atomic E-state index is 5.63. The summed E-state index contributed by atoms with van der Waals surface area (Å²) in [5.74, 6) is 0. The van der Waals surface area contributed by atoms with Gasteiger partial charge in [0, 0.05) is 5.70 Å². The lowest BCUT2D eigenvalue weighted by Gasteiger charge is -1.97. The molecule has 2 N–H and O–H groups in total. The van der Waals surface area contributed by atoms with Crippen LogP contribution in [0.25, 0.3) is 0 Å². The van der Waals surface area contributed by atoms with Crippen LogP contribution < -0.4 is 5.73 Å². The van der Waals surface area contributed by atoms with Crippen molar-refractivity contribution >= 4 is 0 Å². The zero-order valence-electron chi connectivity index (χ0n) is 6.44. The summed E-state index contributed by atoms with van der Waals surface area (Å²) in [4.78, 5) is 0. The van der Waals surface area contributed by atoms with Crippen LogP contribution in [0.2, 0.25) is 0 Å². The summed E-state index contributed by atoms with van der Waals surface area (Å²) in [5, 5.41) is 0. The van der Waals surface area contributed by atoms with Crippen LogP contribution in [0, 0.1) is 0 Å². The number of allylic oxidation sites excluding steroid dienone is 3. The van der Waals surface area contributed by atoms with E-state index in [4.69, 9.17) is 5.73 Å². The predicted molar refractivity (Wildman–Crippen MR) is 42.0 cm³/mol. The van der Waals surface area contributed by atoms with E-state index in [1.54, 1.807) is 0 Å². The van der Waals surface area contributed by atoms with Gasteiger partial charge in [-0.2, -0.15) is 0 Å². The first-order valence-electron chi connectivity index (χ1n) is 3.30. The van der Waals surface area contributed by atoms with Gasteiger partial charge in [0.15, 0.2) is 0 Å². The Labute approximate surface area is 57.3 Å². The maximum absolute atomic E-state index is 5.63. The summed E-state index contributed by atoms with van der Waals surface area (Å²) in [5.41, 5.74) is 7.79. The maximum Gasteiger partial charge on any atom is 0.0299 e. The molecule has 0 aliphatic rings. The number of hydrogen-bond acceptors (Lipinski definition) is 1. The zero-order valence-corrected chi connectivity index (χ0v) is 6.44. The fourth-order valence-corrected chi connectivity index (χ4v) is 0.526. The lowest BCUT2D eigenvalue weighted by molar-refractivity contribution is 1.06. The first-order chi connectivity index (χ1) is 4.22.